The van der Waals surface area contributed by atoms with Crippen molar-refractivity contribution in [2.45, 2.75) is 18.7 Å². The molecule has 0 saturated carbocycles. The molecule has 0 unspecified atom stereocenters. The van der Waals surface area contributed by atoms with E-state index < -0.39 is 0 Å². The highest BCUT2D eigenvalue weighted by Gasteiger charge is 2.04. The molecular formula is C10H11NS. The number of hydrogen-bond donors (Lipinski definition) is 2. The van der Waals surface area contributed by atoms with E-state index in [-0.39, 0.29) is 0 Å². The molecule has 0 fully saturated rings. The molecule has 2 rings (SSSR count). The lowest BCUT2D eigenvalue weighted by atomic mass is 10.1. The van der Waals surface area contributed by atoms with Crippen molar-refractivity contribution in [3.05, 3.63) is 29.5 Å². The van der Waals surface area contributed by atoms with Gasteiger partial charge in [-0.1, -0.05) is 0 Å². The molecule has 0 aliphatic heterocycles. The molecule has 0 spiro atoms. The fourth-order valence-electron chi connectivity index (χ4n) is 1.42. The van der Waals surface area contributed by atoms with Crippen LogP contribution in [0.5, 0.6) is 0 Å². The fraction of sp³-hybridized carbons (Fsp3) is 0.200. The lowest BCUT2D eigenvalue weighted by molar-refractivity contribution is 1.27. The van der Waals surface area contributed by atoms with Crippen molar-refractivity contribution in [1.82, 2.24) is 4.98 Å². The van der Waals surface area contributed by atoms with E-state index >= 15 is 0 Å². The number of hydrogen-bond acceptors (Lipinski definition) is 1. The van der Waals surface area contributed by atoms with Crippen molar-refractivity contribution in [3.8, 4) is 0 Å². The molecule has 0 radical (unpaired) electrons. The van der Waals surface area contributed by atoms with Gasteiger partial charge in [0.1, 0.15) is 0 Å². The molecule has 0 aliphatic rings. The van der Waals surface area contributed by atoms with Crippen LogP contribution in [0.25, 0.3) is 10.9 Å². The molecule has 1 nitrogen and oxygen atoms in total. The molecule has 62 valence electrons. The summed E-state index contributed by atoms with van der Waals surface area (Å²) in [6, 6.07) is 4.22. The molecular weight excluding hydrogens is 166 g/mol. The van der Waals surface area contributed by atoms with Crippen LogP contribution in [-0.4, -0.2) is 4.98 Å². The van der Waals surface area contributed by atoms with Crippen LogP contribution < -0.4 is 0 Å². The highest BCUT2D eigenvalue weighted by molar-refractivity contribution is 7.80. The summed E-state index contributed by atoms with van der Waals surface area (Å²) in [5, 5.41) is 1.21. The molecule has 0 aliphatic carbocycles. The molecule has 2 heteroatoms. The number of aryl methyl sites for hydroxylation is 1. The maximum absolute atomic E-state index is 4.48. The number of thiol groups is 1. The van der Waals surface area contributed by atoms with Gasteiger partial charge in [0.05, 0.1) is 0 Å². The van der Waals surface area contributed by atoms with Gasteiger partial charge in [-0.15, -0.1) is 12.6 Å². The maximum atomic E-state index is 4.48. The van der Waals surface area contributed by atoms with E-state index in [0.717, 1.165) is 4.90 Å². The zero-order valence-corrected chi connectivity index (χ0v) is 8.07. The van der Waals surface area contributed by atoms with Crippen molar-refractivity contribution in [2.75, 3.05) is 0 Å². The maximum Gasteiger partial charge on any atom is 0.0468 e. The van der Waals surface area contributed by atoms with Crippen LogP contribution in [0, 0.1) is 13.8 Å². The van der Waals surface area contributed by atoms with Gasteiger partial charge in [-0.25, -0.2) is 0 Å². The second-order valence-electron chi connectivity index (χ2n) is 3.11. The number of rotatable bonds is 0. The summed E-state index contributed by atoms with van der Waals surface area (Å²) in [6.45, 7) is 4.21. The van der Waals surface area contributed by atoms with Crippen molar-refractivity contribution >= 4 is 23.5 Å². The fourth-order valence-corrected chi connectivity index (χ4v) is 1.79. The van der Waals surface area contributed by atoms with Gasteiger partial charge in [0.15, 0.2) is 0 Å². The third-order valence-corrected chi connectivity index (χ3v) is 2.92. The zero-order chi connectivity index (χ0) is 8.72. The van der Waals surface area contributed by atoms with Crippen molar-refractivity contribution in [2.24, 2.45) is 0 Å². The van der Waals surface area contributed by atoms with Gasteiger partial charge in [0.25, 0.3) is 0 Å². The van der Waals surface area contributed by atoms with Gasteiger partial charge < -0.3 is 4.98 Å². The number of benzene rings is 1. The average Bonchev–Trinajstić information content (AvgIpc) is 2.48. The SMILES string of the molecule is Cc1cc2[nH]ccc2c(S)c1C. The van der Waals surface area contributed by atoms with E-state index in [9.17, 15) is 0 Å². The standard InChI is InChI=1S/C10H11NS/c1-6-5-9-8(3-4-11-9)10(12)7(6)2/h3-5,11-12H,1-2H3. The summed E-state index contributed by atoms with van der Waals surface area (Å²) >= 11 is 4.48. The molecule has 1 aromatic carbocycles. The average molecular weight is 177 g/mol. The summed E-state index contributed by atoms with van der Waals surface area (Å²) in [7, 11) is 0. The lowest BCUT2D eigenvalue weighted by Crippen LogP contribution is -1.83. The van der Waals surface area contributed by atoms with Gasteiger partial charge in [0, 0.05) is 22.0 Å². The topological polar surface area (TPSA) is 15.8 Å². The number of nitrogens with one attached hydrogen (secondary N) is 1. The highest BCUT2D eigenvalue weighted by Crippen LogP contribution is 2.26. The minimum Gasteiger partial charge on any atom is -0.361 e. The van der Waals surface area contributed by atoms with Crippen LogP contribution >= 0.6 is 12.6 Å². The first-order valence-corrected chi connectivity index (χ1v) is 4.41. The second-order valence-corrected chi connectivity index (χ2v) is 3.55. The summed E-state index contributed by atoms with van der Waals surface area (Å²) in [4.78, 5) is 4.27. The number of H-pyrrole nitrogens is 1. The quantitative estimate of drug-likeness (QED) is 0.575. The minimum absolute atomic E-state index is 1.09. The molecule has 12 heavy (non-hydrogen) atoms. The van der Waals surface area contributed by atoms with E-state index in [1.165, 1.54) is 22.0 Å². The van der Waals surface area contributed by atoms with Crippen molar-refractivity contribution in [3.63, 3.8) is 0 Å². The lowest BCUT2D eigenvalue weighted by Gasteiger charge is -2.04. The number of aromatic amines is 1. The zero-order valence-electron chi connectivity index (χ0n) is 7.18. The molecule has 1 N–H and O–H groups in total. The minimum atomic E-state index is 1.09. The van der Waals surface area contributed by atoms with Crippen LogP contribution in [0.15, 0.2) is 23.2 Å². The predicted molar refractivity (Wildman–Crippen MR) is 55.0 cm³/mol. The number of fused-ring (bicyclic) bond motifs is 1. The summed E-state index contributed by atoms with van der Waals surface area (Å²) in [5.74, 6) is 0. The smallest absolute Gasteiger partial charge is 0.0468 e. The van der Waals surface area contributed by atoms with E-state index in [1.54, 1.807) is 0 Å². The van der Waals surface area contributed by atoms with E-state index in [2.05, 4.69) is 43.6 Å². The summed E-state index contributed by atoms with van der Waals surface area (Å²) < 4.78 is 0. The Labute approximate surface area is 77.2 Å². The van der Waals surface area contributed by atoms with Crippen molar-refractivity contribution in [1.29, 1.82) is 0 Å². The molecule has 0 atom stereocenters. The molecule has 0 saturated heterocycles. The molecule has 1 aromatic heterocycles. The molecule has 1 heterocycles. The predicted octanol–water partition coefficient (Wildman–Crippen LogP) is 3.07. The number of aromatic nitrogens is 1. The largest absolute Gasteiger partial charge is 0.361 e. The van der Waals surface area contributed by atoms with Gasteiger partial charge in [-0.3, -0.25) is 0 Å². The first-order valence-electron chi connectivity index (χ1n) is 3.96. The normalized spacial score (nSPS) is 10.9. The Morgan fingerprint density at radius 2 is 2.08 bits per heavy atom. The summed E-state index contributed by atoms with van der Waals surface area (Å²) in [5.41, 5.74) is 3.73. The van der Waals surface area contributed by atoms with E-state index in [0.29, 0.717) is 0 Å². The Morgan fingerprint density at radius 1 is 1.33 bits per heavy atom. The Balaban J connectivity index is 2.94. The van der Waals surface area contributed by atoms with E-state index in [4.69, 9.17) is 0 Å². The van der Waals surface area contributed by atoms with Gasteiger partial charge in [-0.2, -0.15) is 0 Å². The molecule has 2 aromatic rings. The Kier molecular flexibility index (Phi) is 1.65. The van der Waals surface area contributed by atoms with Gasteiger partial charge >= 0.3 is 0 Å². The second kappa shape index (κ2) is 2.56. The highest BCUT2D eigenvalue weighted by atomic mass is 32.1. The van der Waals surface area contributed by atoms with Crippen LogP contribution in [0.3, 0.4) is 0 Å². The van der Waals surface area contributed by atoms with Gasteiger partial charge in [0.2, 0.25) is 0 Å². The van der Waals surface area contributed by atoms with Crippen molar-refractivity contribution < 1.29 is 0 Å². The van der Waals surface area contributed by atoms with E-state index in [1.807, 2.05) is 6.20 Å². The Bertz CT molecular complexity index is 429. The third-order valence-electron chi connectivity index (χ3n) is 2.34. The van der Waals surface area contributed by atoms with Crippen LogP contribution in [0.2, 0.25) is 0 Å². The Hall–Kier alpha value is -0.890. The summed E-state index contributed by atoms with van der Waals surface area (Å²) in [6.07, 6.45) is 1.95. The first kappa shape index (κ1) is 7.74. The van der Waals surface area contributed by atoms with Crippen LogP contribution in [-0.2, 0) is 0 Å². The van der Waals surface area contributed by atoms with Crippen LogP contribution in [0.1, 0.15) is 11.1 Å². The third kappa shape index (κ3) is 0.950. The van der Waals surface area contributed by atoms with Crippen LogP contribution in [0.4, 0.5) is 0 Å². The van der Waals surface area contributed by atoms with Gasteiger partial charge in [-0.05, 0) is 37.1 Å². The molecule has 0 bridgehead atoms. The Morgan fingerprint density at radius 3 is 2.83 bits per heavy atom. The molecule has 0 amide bonds. The monoisotopic (exact) mass is 177 g/mol. The first-order chi connectivity index (χ1) is 5.70.